The molecular formula is C13H16N2O2. The Labute approximate surface area is 100 Å². The summed E-state index contributed by atoms with van der Waals surface area (Å²) in [6.45, 7) is 1.40. The molecule has 0 aromatic heterocycles. The van der Waals surface area contributed by atoms with Crippen LogP contribution in [0.4, 0.5) is 0 Å². The first-order valence-corrected chi connectivity index (χ1v) is 5.91. The molecular weight excluding hydrogens is 216 g/mol. The Bertz CT molecular complexity index is 445. The van der Waals surface area contributed by atoms with Gasteiger partial charge in [0.05, 0.1) is 19.3 Å². The summed E-state index contributed by atoms with van der Waals surface area (Å²) in [5.41, 5.74) is 4.05. The molecule has 2 aliphatic heterocycles. The zero-order valence-corrected chi connectivity index (χ0v) is 9.56. The van der Waals surface area contributed by atoms with E-state index in [1.165, 1.54) is 5.56 Å². The molecule has 3 rings (SSSR count). The van der Waals surface area contributed by atoms with Crippen LogP contribution in [0.1, 0.15) is 17.9 Å². The van der Waals surface area contributed by atoms with Gasteiger partial charge in [-0.1, -0.05) is 18.2 Å². The van der Waals surface area contributed by atoms with Crippen LogP contribution in [0.15, 0.2) is 36.1 Å². The lowest BCUT2D eigenvalue weighted by Gasteiger charge is -2.22. The number of fused-ring (bicyclic) bond motifs is 1. The molecule has 0 fully saturated rings. The zero-order valence-electron chi connectivity index (χ0n) is 9.56. The summed E-state index contributed by atoms with van der Waals surface area (Å²) >= 11 is 0. The Morgan fingerprint density at radius 2 is 2.18 bits per heavy atom. The average Bonchev–Trinajstić information content (AvgIpc) is 3.01. The van der Waals surface area contributed by atoms with Crippen LogP contribution < -0.4 is 16.0 Å². The summed E-state index contributed by atoms with van der Waals surface area (Å²) < 4.78 is 11.3. The third-order valence-corrected chi connectivity index (χ3v) is 3.36. The molecule has 90 valence electrons. The van der Waals surface area contributed by atoms with Gasteiger partial charge in [-0.05, 0) is 12.1 Å². The molecule has 1 aromatic carbocycles. The van der Waals surface area contributed by atoms with E-state index in [9.17, 15) is 0 Å². The summed E-state index contributed by atoms with van der Waals surface area (Å²) in [5, 5.41) is 0. The highest BCUT2D eigenvalue weighted by molar-refractivity contribution is 5.42. The van der Waals surface area contributed by atoms with Crippen LogP contribution in [0, 0.1) is 0 Å². The van der Waals surface area contributed by atoms with Crippen molar-refractivity contribution in [3.05, 3.63) is 41.7 Å². The SMILES string of the molecule is NNC(C1=CCCO1)C1COc2ccccc21. The molecule has 0 spiro atoms. The smallest absolute Gasteiger partial charge is 0.122 e. The number of hydrogen-bond donors (Lipinski definition) is 2. The van der Waals surface area contributed by atoms with Gasteiger partial charge in [0.2, 0.25) is 0 Å². The second-order valence-electron chi connectivity index (χ2n) is 4.34. The van der Waals surface area contributed by atoms with Gasteiger partial charge in [0.15, 0.2) is 0 Å². The van der Waals surface area contributed by atoms with Crippen molar-refractivity contribution in [1.29, 1.82) is 0 Å². The zero-order chi connectivity index (χ0) is 11.7. The van der Waals surface area contributed by atoms with Crippen LogP contribution in [-0.2, 0) is 4.74 Å². The van der Waals surface area contributed by atoms with E-state index in [2.05, 4.69) is 17.6 Å². The molecule has 17 heavy (non-hydrogen) atoms. The van der Waals surface area contributed by atoms with Crippen molar-refractivity contribution in [1.82, 2.24) is 5.43 Å². The highest BCUT2D eigenvalue weighted by atomic mass is 16.5. The van der Waals surface area contributed by atoms with Gasteiger partial charge in [-0.25, -0.2) is 5.43 Å². The Balaban J connectivity index is 1.89. The average molecular weight is 232 g/mol. The largest absolute Gasteiger partial charge is 0.496 e. The Kier molecular flexibility index (Phi) is 2.74. The maximum Gasteiger partial charge on any atom is 0.122 e. The van der Waals surface area contributed by atoms with Gasteiger partial charge >= 0.3 is 0 Å². The first kappa shape index (κ1) is 10.6. The molecule has 2 aliphatic rings. The van der Waals surface area contributed by atoms with Crippen LogP contribution in [0.2, 0.25) is 0 Å². The van der Waals surface area contributed by atoms with E-state index < -0.39 is 0 Å². The van der Waals surface area contributed by atoms with Gasteiger partial charge in [0, 0.05) is 17.9 Å². The van der Waals surface area contributed by atoms with Crippen molar-refractivity contribution >= 4 is 0 Å². The molecule has 0 radical (unpaired) electrons. The lowest BCUT2D eigenvalue weighted by atomic mass is 9.92. The van der Waals surface area contributed by atoms with Crippen molar-refractivity contribution in [3.8, 4) is 5.75 Å². The van der Waals surface area contributed by atoms with Crippen LogP contribution in [-0.4, -0.2) is 19.3 Å². The van der Waals surface area contributed by atoms with E-state index in [0.29, 0.717) is 6.61 Å². The lowest BCUT2D eigenvalue weighted by Crippen LogP contribution is -2.42. The first-order chi connectivity index (χ1) is 8.40. The highest BCUT2D eigenvalue weighted by Gasteiger charge is 2.34. The predicted molar refractivity (Wildman–Crippen MR) is 64.4 cm³/mol. The normalized spacial score (nSPS) is 23.6. The number of hydrazine groups is 1. The van der Waals surface area contributed by atoms with E-state index in [0.717, 1.165) is 24.5 Å². The minimum atomic E-state index is 0.00106. The van der Waals surface area contributed by atoms with Crippen LogP contribution >= 0.6 is 0 Å². The van der Waals surface area contributed by atoms with Gasteiger partial charge in [-0.15, -0.1) is 0 Å². The molecule has 0 saturated carbocycles. The second kappa shape index (κ2) is 4.39. The van der Waals surface area contributed by atoms with Crippen molar-refractivity contribution in [3.63, 3.8) is 0 Å². The van der Waals surface area contributed by atoms with Crippen molar-refractivity contribution in [2.45, 2.75) is 18.4 Å². The third kappa shape index (κ3) is 1.79. The third-order valence-electron chi connectivity index (χ3n) is 3.36. The standard InChI is InChI=1S/C13H16N2O2/c14-15-13(12-6-3-7-16-12)10-8-17-11-5-2-1-4-9(10)11/h1-2,4-6,10,13,15H,3,7-8,14H2. The molecule has 2 heterocycles. The van der Waals surface area contributed by atoms with E-state index >= 15 is 0 Å². The van der Waals surface area contributed by atoms with Crippen molar-refractivity contribution in [2.75, 3.05) is 13.2 Å². The van der Waals surface area contributed by atoms with Gasteiger partial charge in [-0.2, -0.15) is 0 Å². The van der Waals surface area contributed by atoms with E-state index in [-0.39, 0.29) is 12.0 Å². The topological polar surface area (TPSA) is 56.5 Å². The Hall–Kier alpha value is -1.52. The molecule has 3 N–H and O–H groups in total. The van der Waals surface area contributed by atoms with E-state index in [1.807, 2.05) is 18.2 Å². The molecule has 0 aliphatic carbocycles. The van der Waals surface area contributed by atoms with Gasteiger partial charge in [-0.3, -0.25) is 5.84 Å². The molecule has 4 heteroatoms. The fraction of sp³-hybridized carbons (Fsp3) is 0.385. The number of benzene rings is 1. The molecule has 4 nitrogen and oxygen atoms in total. The van der Waals surface area contributed by atoms with Crippen molar-refractivity contribution in [2.24, 2.45) is 5.84 Å². The fourth-order valence-corrected chi connectivity index (χ4v) is 2.51. The second-order valence-corrected chi connectivity index (χ2v) is 4.34. The van der Waals surface area contributed by atoms with Crippen LogP contribution in [0.5, 0.6) is 5.75 Å². The number of hydrogen-bond acceptors (Lipinski definition) is 4. The fourth-order valence-electron chi connectivity index (χ4n) is 2.51. The number of nitrogens with two attached hydrogens (primary N) is 1. The first-order valence-electron chi connectivity index (χ1n) is 5.91. The molecule has 2 unspecified atom stereocenters. The minimum Gasteiger partial charge on any atom is -0.496 e. The van der Waals surface area contributed by atoms with E-state index in [4.69, 9.17) is 15.3 Å². The number of ether oxygens (including phenoxy) is 2. The summed E-state index contributed by atoms with van der Waals surface area (Å²) in [6, 6.07) is 8.09. The maximum absolute atomic E-state index is 5.68. The number of nitrogens with one attached hydrogen (secondary N) is 1. The Morgan fingerprint density at radius 3 is 2.94 bits per heavy atom. The quantitative estimate of drug-likeness (QED) is 0.609. The highest BCUT2D eigenvalue weighted by Crippen LogP contribution is 2.37. The van der Waals surface area contributed by atoms with Crippen molar-refractivity contribution < 1.29 is 9.47 Å². The summed E-state index contributed by atoms with van der Waals surface area (Å²) in [5.74, 6) is 7.78. The van der Waals surface area contributed by atoms with Gasteiger partial charge in [0.25, 0.3) is 0 Å². The van der Waals surface area contributed by atoms with Gasteiger partial charge < -0.3 is 9.47 Å². The summed E-state index contributed by atoms with van der Waals surface area (Å²) in [6.07, 6.45) is 3.06. The minimum absolute atomic E-state index is 0.00106. The molecule has 0 amide bonds. The molecule has 1 aromatic rings. The molecule has 0 bridgehead atoms. The van der Waals surface area contributed by atoms with Crippen LogP contribution in [0.25, 0.3) is 0 Å². The van der Waals surface area contributed by atoms with Gasteiger partial charge in [0.1, 0.15) is 11.5 Å². The number of para-hydroxylation sites is 1. The summed E-state index contributed by atoms with van der Waals surface area (Å²) in [4.78, 5) is 0. The lowest BCUT2D eigenvalue weighted by molar-refractivity contribution is 0.197. The van der Waals surface area contributed by atoms with Crippen LogP contribution in [0.3, 0.4) is 0 Å². The monoisotopic (exact) mass is 232 g/mol. The molecule has 0 saturated heterocycles. The Morgan fingerprint density at radius 1 is 1.29 bits per heavy atom. The predicted octanol–water partition coefficient (Wildman–Crippen LogP) is 1.30. The maximum atomic E-state index is 5.68. The molecule has 2 atom stereocenters. The number of rotatable bonds is 3. The summed E-state index contributed by atoms with van der Waals surface area (Å²) in [7, 11) is 0. The van der Waals surface area contributed by atoms with E-state index in [1.54, 1.807) is 0 Å².